The van der Waals surface area contributed by atoms with Gasteiger partial charge < -0.3 is 5.32 Å². The van der Waals surface area contributed by atoms with Crippen LogP contribution in [0.3, 0.4) is 0 Å². The number of hydrogen-bond donors (Lipinski definition) is 2. The molecule has 1 unspecified atom stereocenters. The Balaban J connectivity index is 2.12. The molecule has 1 heterocycles. The lowest BCUT2D eigenvalue weighted by atomic mass is 10.1. The summed E-state index contributed by atoms with van der Waals surface area (Å²) in [5, 5.41) is 2.94. The van der Waals surface area contributed by atoms with Crippen LogP contribution in [-0.2, 0) is 10.0 Å². The van der Waals surface area contributed by atoms with Gasteiger partial charge in [0.25, 0.3) is 0 Å². The Bertz CT molecular complexity index is 530. The molecule has 100 valence electrons. The predicted molar refractivity (Wildman–Crippen MR) is 67.6 cm³/mol. The Morgan fingerprint density at radius 2 is 2.28 bits per heavy atom. The first-order valence-corrected chi connectivity index (χ1v) is 7.51. The quantitative estimate of drug-likeness (QED) is 0.881. The van der Waals surface area contributed by atoms with E-state index in [1.165, 1.54) is 18.2 Å². The summed E-state index contributed by atoms with van der Waals surface area (Å²) < 4.78 is 39.9. The lowest BCUT2D eigenvalue weighted by Gasteiger charge is -2.11. The fraction of sp³-hybridized carbons (Fsp3) is 0.455. The summed E-state index contributed by atoms with van der Waals surface area (Å²) in [5.74, 6) is -0.654. The smallest absolute Gasteiger partial charge is 0.243 e. The summed E-state index contributed by atoms with van der Waals surface area (Å²) in [6.07, 6.45) is 0.917. The predicted octanol–water partition coefficient (Wildman–Crippen LogP) is 1.37. The van der Waals surface area contributed by atoms with Gasteiger partial charge in [-0.25, -0.2) is 17.5 Å². The summed E-state index contributed by atoms with van der Waals surface area (Å²) in [7, 11) is -3.84. The molecule has 0 spiro atoms. The maximum atomic E-state index is 13.6. The zero-order valence-corrected chi connectivity index (χ0v) is 11.2. The minimum atomic E-state index is -3.84. The molecule has 1 fully saturated rings. The monoisotopic (exact) mass is 292 g/mol. The molecule has 1 saturated heterocycles. The molecule has 0 saturated carbocycles. The molecule has 1 atom stereocenters. The first-order valence-electron chi connectivity index (χ1n) is 5.65. The van der Waals surface area contributed by atoms with Gasteiger partial charge in [0.05, 0.1) is 5.02 Å². The molecule has 4 nitrogen and oxygen atoms in total. The van der Waals surface area contributed by atoms with Crippen molar-refractivity contribution in [2.75, 3.05) is 19.6 Å². The van der Waals surface area contributed by atoms with E-state index in [-0.39, 0.29) is 10.9 Å². The van der Waals surface area contributed by atoms with Crippen molar-refractivity contribution in [3.63, 3.8) is 0 Å². The fourth-order valence-corrected chi connectivity index (χ4v) is 3.33. The van der Waals surface area contributed by atoms with Gasteiger partial charge in [0.2, 0.25) is 10.0 Å². The van der Waals surface area contributed by atoms with Crippen LogP contribution in [0.25, 0.3) is 0 Å². The van der Waals surface area contributed by atoms with E-state index in [2.05, 4.69) is 10.0 Å². The summed E-state index contributed by atoms with van der Waals surface area (Å²) in [4.78, 5) is -0.402. The second-order valence-corrected chi connectivity index (χ2v) is 6.41. The van der Waals surface area contributed by atoms with E-state index >= 15 is 0 Å². The van der Waals surface area contributed by atoms with Crippen LogP contribution in [0.15, 0.2) is 23.1 Å². The van der Waals surface area contributed by atoms with E-state index in [1.807, 2.05) is 0 Å². The average Bonchev–Trinajstić information content (AvgIpc) is 2.83. The largest absolute Gasteiger partial charge is 0.316 e. The number of sulfonamides is 1. The van der Waals surface area contributed by atoms with Crippen molar-refractivity contribution in [2.45, 2.75) is 11.3 Å². The van der Waals surface area contributed by atoms with Crippen LogP contribution in [0.4, 0.5) is 4.39 Å². The molecule has 0 aliphatic carbocycles. The van der Waals surface area contributed by atoms with Crippen LogP contribution in [-0.4, -0.2) is 28.1 Å². The van der Waals surface area contributed by atoms with Gasteiger partial charge >= 0.3 is 0 Å². The number of hydrogen-bond acceptors (Lipinski definition) is 3. The maximum Gasteiger partial charge on any atom is 0.243 e. The van der Waals surface area contributed by atoms with Crippen molar-refractivity contribution in [1.29, 1.82) is 0 Å². The van der Waals surface area contributed by atoms with Gasteiger partial charge in [0.1, 0.15) is 4.90 Å². The summed E-state index contributed by atoms with van der Waals surface area (Å²) in [6, 6.07) is 3.93. The van der Waals surface area contributed by atoms with Crippen molar-refractivity contribution in [3.05, 3.63) is 29.0 Å². The molecule has 1 aliphatic rings. The molecule has 1 aliphatic heterocycles. The highest BCUT2D eigenvalue weighted by Gasteiger charge is 2.23. The Kier molecular flexibility index (Phi) is 4.21. The minimum Gasteiger partial charge on any atom is -0.316 e. The Morgan fingerprint density at radius 1 is 1.50 bits per heavy atom. The maximum absolute atomic E-state index is 13.6. The van der Waals surface area contributed by atoms with Crippen LogP contribution < -0.4 is 10.0 Å². The van der Waals surface area contributed by atoms with E-state index < -0.39 is 20.7 Å². The van der Waals surface area contributed by atoms with E-state index in [0.29, 0.717) is 6.54 Å². The number of halogens is 2. The number of nitrogens with one attached hydrogen (secondary N) is 2. The molecule has 1 aromatic rings. The van der Waals surface area contributed by atoms with Gasteiger partial charge in [-0.2, -0.15) is 0 Å². The lowest BCUT2D eigenvalue weighted by Crippen LogP contribution is -2.30. The van der Waals surface area contributed by atoms with E-state index in [9.17, 15) is 12.8 Å². The molecule has 0 aromatic heterocycles. The van der Waals surface area contributed by atoms with Gasteiger partial charge in [0, 0.05) is 6.54 Å². The zero-order chi connectivity index (χ0) is 13.2. The second-order valence-electron chi connectivity index (χ2n) is 4.26. The molecule has 2 N–H and O–H groups in total. The van der Waals surface area contributed by atoms with Crippen LogP contribution in [0.1, 0.15) is 6.42 Å². The van der Waals surface area contributed by atoms with Crippen LogP contribution >= 0.6 is 11.6 Å². The van der Waals surface area contributed by atoms with E-state index in [1.54, 1.807) is 0 Å². The standard InChI is InChI=1S/C11H14ClFN2O2S/c12-9-2-1-3-10(11(9)13)18(16,17)15-7-8-4-5-14-6-8/h1-3,8,14-15H,4-7H2. The van der Waals surface area contributed by atoms with Crippen LogP contribution in [0.5, 0.6) is 0 Å². The Hall–Kier alpha value is -0.690. The number of benzene rings is 1. The molecule has 2 rings (SSSR count). The Morgan fingerprint density at radius 3 is 2.94 bits per heavy atom. The highest BCUT2D eigenvalue weighted by molar-refractivity contribution is 7.89. The third-order valence-corrected chi connectivity index (χ3v) is 4.66. The van der Waals surface area contributed by atoms with Crippen LogP contribution in [0.2, 0.25) is 5.02 Å². The average molecular weight is 293 g/mol. The highest BCUT2D eigenvalue weighted by atomic mass is 35.5. The minimum absolute atomic E-state index is 0.194. The SMILES string of the molecule is O=S(=O)(NCC1CCNC1)c1cccc(Cl)c1F. The molecule has 18 heavy (non-hydrogen) atoms. The molecular weight excluding hydrogens is 279 g/mol. The normalized spacial score (nSPS) is 20.2. The lowest BCUT2D eigenvalue weighted by molar-refractivity contribution is 0.529. The molecule has 0 bridgehead atoms. The van der Waals surface area contributed by atoms with Gasteiger partial charge in [-0.05, 0) is 37.6 Å². The van der Waals surface area contributed by atoms with Gasteiger partial charge in [-0.1, -0.05) is 17.7 Å². The summed E-state index contributed by atoms with van der Waals surface area (Å²) >= 11 is 5.57. The topological polar surface area (TPSA) is 58.2 Å². The number of rotatable bonds is 4. The van der Waals surface area contributed by atoms with E-state index in [0.717, 1.165) is 19.5 Å². The van der Waals surface area contributed by atoms with Crippen molar-refractivity contribution < 1.29 is 12.8 Å². The van der Waals surface area contributed by atoms with Gasteiger partial charge in [-0.15, -0.1) is 0 Å². The van der Waals surface area contributed by atoms with Gasteiger partial charge in [-0.3, -0.25) is 0 Å². The molecule has 0 radical (unpaired) electrons. The molecular formula is C11H14ClFN2O2S. The second kappa shape index (κ2) is 5.52. The third-order valence-electron chi connectivity index (χ3n) is 2.93. The molecule has 0 amide bonds. The molecule has 1 aromatic carbocycles. The van der Waals surface area contributed by atoms with Crippen molar-refractivity contribution in [2.24, 2.45) is 5.92 Å². The zero-order valence-electron chi connectivity index (χ0n) is 9.62. The van der Waals surface area contributed by atoms with Gasteiger partial charge in [0.15, 0.2) is 5.82 Å². The fourth-order valence-electron chi connectivity index (χ4n) is 1.89. The van der Waals surface area contributed by atoms with Crippen molar-refractivity contribution in [1.82, 2.24) is 10.0 Å². The summed E-state index contributed by atoms with van der Waals surface area (Å²) in [6.45, 7) is 1.97. The first kappa shape index (κ1) is 13.7. The third kappa shape index (κ3) is 3.00. The van der Waals surface area contributed by atoms with Crippen molar-refractivity contribution in [3.8, 4) is 0 Å². The first-order chi connectivity index (χ1) is 8.50. The van der Waals surface area contributed by atoms with E-state index in [4.69, 9.17) is 11.6 Å². The summed E-state index contributed by atoms with van der Waals surface area (Å²) in [5.41, 5.74) is 0. The highest BCUT2D eigenvalue weighted by Crippen LogP contribution is 2.21. The molecule has 7 heteroatoms. The van der Waals surface area contributed by atoms with Crippen molar-refractivity contribution >= 4 is 21.6 Å². The van der Waals surface area contributed by atoms with Crippen LogP contribution in [0, 0.1) is 11.7 Å². The Labute approximate surface area is 111 Å².